The van der Waals surface area contributed by atoms with Gasteiger partial charge in [-0.25, -0.2) is 8.42 Å². The maximum atomic E-state index is 12.4. The lowest BCUT2D eigenvalue weighted by atomic mass is 10.3. The van der Waals surface area contributed by atoms with Crippen LogP contribution in [0.4, 0.5) is 11.4 Å². The van der Waals surface area contributed by atoms with Gasteiger partial charge in [0.2, 0.25) is 10.0 Å². The van der Waals surface area contributed by atoms with E-state index in [0.717, 1.165) is 6.07 Å². The van der Waals surface area contributed by atoms with Crippen LogP contribution in [-0.2, 0) is 14.8 Å². The van der Waals surface area contributed by atoms with Crippen LogP contribution in [0.15, 0.2) is 23.1 Å². The van der Waals surface area contributed by atoms with E-state index in [1.165, 1.54) is 16.4 Å². The molecule has 0 unspecified atom stereocenters. The van der Waals surface area contributed by atoms with Gasteiger partial charge in [-0.1, -0.05) is 0 Å². The van der Waals surface area contributed by atoms with Crippen molar-refractivity contribution in [2.75, 3.05) is 38.7 Å². The van der Waals surface area contributed by atoms with Gasteiger partial charge in [-0.15, -0.1) is 0 Å². The SMILES string of the molecule is CNc1ccc(S(=O)(=O)N2CCOCC2)cc1[N+](=O)[O-]. The van der Waals surface area contributed by atoms with Gasteiger partial charge in [0.25, 0.3) is 5.69 Å². The molecule has 0 aromatic heterocycles. The van der Waals surface area contributed by atoms with Gasteiger partial charge in [0.1, 0.15) is 5.69 Å². The lowest BCUT2D eigenvalue weighted by Gasteiger charge is -2.26. The van der Waals surface area contributed by atoms with E-state index in [2.05, 4.69) is 5.32 Å². The number of anilines is 1. The lowest BCUT2D eigenvalue weighted by molar-refractivity contribution is -0.384. The van der Waals surface area contributed by atoms with E-state index in [9.17, 15) is 18.5 Å². The van der Waals surface area contributed by atoms with Gasteiger partial charge in [0.15, 0.2) is 0 Å². The first-order valence-electron chi connectivity index (χ1n) is 6.01. The highest BCUT2D eigenvalue weighted by Gasteiger charge is 2.28. The van der Waals surface area contributed by atoms with Crippen LogP contribution in [0.25, 0.3) is 0 Å². The molecule has 0 spiro atoms. The van der Waals surface area contributed by atoms with E-state index in [0.29, 0.717) is 13.2 Å². The van der Waals surface area contributed by atoms with Crippen molar-refractivity contribution >= 4 is 21.4 Å². The zero-order valence-electron chi connectivity index (χ0n) is 10.9. The van der Waals surface area contributed by atoms with Crippen molar-refractivity contribution in [3.8, 4) is 0 Å². The molecule has 1 fully saturated rings. The molecule has 1 aromatic carbocycles. The fourth-order valence-corrected chi connectivity index (χ4v) is 3.40. The number of nitro benzene ring substituents is 1. The van der Waals surface area contributed by atoms with Gasteiger partial charge in [0, 0.05) is 26.2 Å². The van der Waals surface area contributed by atoms with Gasteiger partial charge in [0.05, 0.1) is 23.0 Å². The molecule has 1 aliphatic rings. The van der Waals surface area contributed by atoms with Crippen molar-refractivity contribution in [2.24, 2.45) is 0 Å². The van der Waals surface area contributed by atoms with Gasteiger partial charge >= 0.3 is 0 Å². The Balaban J connectivity index is 2.41. The number of nitrogens with one attached hydrogen (secondary N) is 1. The maximum Gasteiger partial charge on any atom is 0.293 e. The molecule has 1 aliphatic heterocycles. The zero-order valence-corrected chi connectivity index (χ0v) is 11.7. The molecule has 1 heterocycles. The number of sulfonamides is 1. The first-order valence-corrected chi connectivity index (χ1v) is 7.45. The van der Waals surface area contributed by atoms with Gasteiger partial charge in [-0.2, -0.15) is 4.31 Å². The van der Waals surface area contributed by atoms with Crippen molar-refractivity contribution in [1.29, 1.82) is 0 Å². The van der Waals surface area contributed by atoms with Crippen molar-refractivity contribution in [1.82, 2.24) is 4.31 Å². The average Bonchev–Trinajstić information content (AvgIpc) is 2.47. The number of hydrogen-bond acceptors (Lipinski definition) is 6. The van der Waals surface area contributed by atoms with E-state index < -0.39 is 14.9 Å². The quantitative estimate of drug-likeness (QED) is 0.647. The van der Waals surface area contributed by atoms with Gasteiger partial charge in [-0.3, -0.25) is 10.1 Å². The molecule has 1 N–H and O–H groups in total. The van der Waals surface area contributed by atoms with E-state index in [4.69, 9.17) is 4.74 Å². The summed E-state index contributed by atoms with van der Waals surface area (Å²) in [5, 5.41) is 13.6. The van der Waals surface area contributed by atoms with Crippen LogP contribution in [0.3, 0.4) is 0 Å². The molecular weight excluding hydrogens is 286 g/mol. The summed E-state index contributed by atoms with van der Waals surface area (Å²) in [6.45, 7) is 1.17. The first-order chi connectivity index (χ1) is 9.46. The Hall–Kier alpha value is -1.71. The number of ether oxygens (including phenoxy) is 1. The predicted molar refractivity (Wildman–Crippen MR) is 72.2 cm³/mol. The van der Waals surface area contributed by atoms with Crippen LogP contribution in [0.2, 0.25) is 0 Å². The second kappa shape index (κ2) is 5.73. The van der Waals surface area contributed by atoms with E-state index in [1.807, 2.05) is 0 Å². The van der Waals surface area contributed by atoms with Crippen molar-refractivity contribution in [3.63, 3.8) is 0 Å². The molecule has 9 heteroatoms. The van der Waals surface area contributed by atoms with Gasteiger partial charge in [-0.05, 0) is 12.1 Å². The molecule has 1 aromatic rings. The Labute approximate surface area is 116 Å². The molecule has 0 atom stereocenters. The maximum absolute atomic E-state index is 12.4. The van der Waals surface area contributed by atoms with Crippen LogP contribution < -0.4 is 5.32 Å². The Morgan fingerprint density at radius 2 is 2.00 bits per heavy atom. The van der Waals surface area contributed by atoms with Crippen molar-refractivity contribution < 1.29 is 18.1 Å². The molecule has 8 nitrogen and oxygen atoms in total. The third-order valence-electron chi connectivity index (χ3n) is 3.04. The largest absolute Gasteiger partial charge is 0.383 e. The minimum absolute atomic E-state index is 0.0786. The number of hydrogen-bond donors (Lipinski definition) is 1. The summed E-state index contributed by atoms with van der Waals surface area (Å²) in [6, 6.07) is 3.84. The number of benzene rings is 1. The normalized spacial score (nSPS) is 16.9. The average molecular weight is 301 g/mol. The summed E-state index contributed by atoms with van der Waals surface area (Å²) >= 11 is 0. The number of morpholine rings is 1. The Bertz CT molecular complexity index is 610. The number of nitrogens with zero attached hydrogens (tertiary/aromatic N) is 2. The third kappa shape index (κ3) is 2.74. The van der Waals surface area contributed by atoms with Crippen LogP contribution in [0.5, 0.6) is 0 Å². The smallest absolute Gasteiger partial charge is 0.293 e. The Kier molecular flexibility index (Phi) is 4.21. The highest BCUT2D eigenvalue weighted by molar-refractivity contribution is 7.89. The summed E-state index contributed by atoms with van der Waals surface area (Å²) < 4.78 is 31.2. The summed E-state index contributed by atoms with van der Waals surface area (Å²) in [4.78, 5) is 10.3. The Morgan fingerprint density at radius 3 is 2.55 bits per heavy atom. The molecule has 2 rings (SSSR count). The third-order valence-corrected chi connectivity index (χ3v) is 4.94. The van der Waals surface area contributed by atoms with Gasteiger partial charge < -0.3 is 10.1 Å². The van der Waals surface area contributed by atoms with E-state index in [1.54, 1.807) is 7.05 Å². The second-order valence-corrected chi connectivity index (χ2v) is 6.14. The summed E-state index contributed by atoms with van der Waals surface area (Å²) in [5.41, 5.74) is 0.0118. The van der Waals surface area contributed by atoms with Crippen LogP contribution in [0.1, 0.15) is 0 Å². The van der Waals surface area contributed by atoms with E-state index in [-0.39, 0.29) is 29.4 Å². The minimum Gasteiger partial charge on any atom is -0.383 e. The summed E-state index contributed by atoms with van der Waals surface area (Å²) in [5.74, 6) is 0. The predicted octanol–water partition coefficient (Wildman–Crippen LogP) is 0.657. The highest BCUT2D eigenvalue weighted by Crippen LogP contribution is 2.28. The van der Waals surface area contributed by atoms with E-state index >= 15 is 0 Å². The zero-order chi connectivity index (χ0) is 14.8. The molecule has 110 valence electrons. The molecule has 0 radical (unpaired) electrons. The number of nitro groups is 1. The second-order valence-electron chi connectivity index (χ2n) is 4.20. The molecule has 1 saturated heterocycles. The van der Waals surface area contributed by atoms with Crippen molar-refractivity contribution in [2.45, 2.75) is 4.90 Å². The Morgan fingerprint density at radius 1 is 1.35 bits per heavy atom. The molecule has 20 heavy (non-hydrogen) atoms. The molecule has 0 aliphatic carbocycles. The summed E-state index contributed by atoms with van der Waals surface area (Å²) in [7, 11) is -2.18. The summed E-state index contributed by atoms with van der Waals surface area (Å²) in [6.07, 6.45) is 0. The fraction of sp³-hybridized carbons (Fsp3) is 0.455. The topological polar surface area (TPSA) is 102 Å². The minimum atomic E-state index is -3.72. The first kappa shape index (κ1) is 14.7. The molecule has 0 amide bonds. The molecular formula is C11H15N3O5S. The number of rotatable bonds is 4. The standard InChI is InChI=1S/C11H15N3O5S/c1-12-10-3-2-9(8-11(10)14(15)16)20(17,18)13-4-6-19-7-5-13/h2-3,8,12H,4-7H2,1H3. The molecule has 0 bridgehead atoms. The van der Waals surface area contributed by atoms with Crippen LogP contribution in [0, 0.1) is 10.1 Å². The van der Waals surface area contributed by atoms with Crippen LogP contribution >= 0.6 is 0 Å². The fourth-order valence-electron chi connectivity index (χ4n) is 1.97. The molecule has 0 saturated carbocycles. The monoisotopic (exact) mass is 301 g/mol. The van der Waals surface area contributed by atoms with Crippen molar-refractivity contribution in [3.05, 3.63) is 28.3 Å². The lowest BCUT2D eigenvalue weighted by Crippen LogP contribution is -2.40. The van der Waals surface area contributed by atoms with Crippen LogP contribution in [-0.4, -0.2) is 51.0 Å². The highest BCUT2D eigenvalue weighted by atomic mass is 32.2.